The molecule has 0 radical (unpaired) electrons. The van der Waals surface area contributed by atoms with E-state index < -0.39 is 0 Å². The molecule has 5 rings (SSSR count). The van der Waals surface area contributed by atoms with Crippen molar-refractivity contribution < 1.29 is 9.47 Å². The molecule has 3 aromatic heterocycles. The molecule has 2 aliphatic rings. The van der Waals surface area contributed by atoms with Crippen LogP contribution in [0.5, 0.6) is 5.88 Å². The molecule has 1 aliphatic carbocycles. The number of hydrogen-bond donors (Lipinski definition) is 1. The van der Waals surface area contributed by atoms with E-state index >= 15 is 0 Å². The van der Waals surface area contributed by atoms with Crippen LogP contribution in [0, 0.1) is 0 Å². The SMILES string of the molecule is CCn1ncc2nc(Nc3cnn(C)c3)nc(OC3CCC(N4CCOCC4)CC3)c21. The zero-order valence-corrected chi connectivity index (χ0v) is 18.2. The summed E-state index contributed by atoms with van der Waals surface area (Å²) in [4.78, 5) is 11.9. The van der Waals surface area contributed by atoms with Crippen LogP contribution in [0.15, 0.2) is 18.6 Å². The van der Waals surface area contributed by atoms with Crippen molar-refractivity contribution in [3.05, 3.63) is 18.6 Å². The number of fused-ring (bicyclic) bond motifs is 1. The number of aryl methyl sites for hydroxylation is 2. The molecular weight excluding hydrogens is 396 g/mol. The first-order valence-corrected chi connectivity index (χ1v) is 11.2. The Balaban J connectivity index is 1.33. The summed E-state index contributed by atoms with van der Waals surface area (Å²) in [7, 11) is 1.88. The highest BCUT2D eigenvalue weighted by molar-refractivity contribution is 5.81. The van der Waals surface area contributed by atoms with Crippen LogP contribution < -0.4 is 10.1 Å². The molecule has 0 amide bonds. The summed E-state index contributed by atoms with van der Waals surface area (Å²) >= 11 is 0. The van der Waals surface area contributed by atoms with Crippen molar-refractivity contribution >= 4 is 22.7 Å². The summed E-state index contributed by atoms with van der Waals surface area (Å²) in [5.74, 6) is 1.10. The van der Waals surface area contributed by atoms with Crippen molar-refractivity contribution in [3.63, 3.8) is 0 Å². The summed E-state index contributed by atoms with van der Waals surface area (Å²) in [6, 6.07) is 0.637. The average Bonchev–Trinajstić information content (AvgIpc) is 3.40. The van der Waals surface area contributed by atoms with Gasteiger partial charge in [0.2, 0.25) is 11.8 Å². The maximum atomic E-state index is 6.47. The molecule has 0 unspecified atom stereocenters. The number of aromatic nitrogens is 6. The Hall–Kier alpha value is -2.72. The van der Waals surface area contributed by atoms with E-state index in [-0.39, 0.29) is 6.10 Å². The van der Waals surface area contributed by atoms with E-state index in [2.05, 4.69) is 32.3 Å². The van der Waals surface area contributed by atoms with Gasteiger partial charge in [-0.15, -0.1) is 0 Å². The maximum absolute atomic E-state index is 6.47. The minimum Gasteiger partial charge on any atom is -0.473 e. The number of rotatable bonds is 6. The number of hydrogen-bond acceptors (Lipinski definition) is 8. The third kappa shape index (κ3) is 4.35. The normalized spacial score (nSPS) is 22.6. The van der Waals surface area contributed by atoms with Crippen LogP contribution in [0.2, 0.25) is 0 Å². The second-order valence-electron chi connectivity index (χ2n) is 8.27. The zero-order valence-electron chi connectivity index (χ0n) is 18.2. The van der Waals surface area contributed by atoms with Gasteiger partial charge in [0.25, 0.3) is 0 Å². The fraction of sp³-hybridized carbons (Fsp3) is 0.619. The quantitative estimate of drug-likeness (QED) is 0.642. The van der Waals surface area contributed by atoms with Gasteiger partial charge in [-0.25, -0.2) is 4.98 Å². The Kier molecular flexibility index (Phi) is 5.73. The Morgan fingerprint density at radius 3 is 2.61 bits per heavy atom. The highest BCUT2D eigenvalue weighted by atomic mass is 16.5. The summed E-state index contributed by atoms with van der Waals surface area (Å²) in [6.07, 6.45) is 9.91. The number of anilines is 2. The number of ether oxygens (including phenoxy) is 2. The van der Waals surface area contributed by atoms with Crippen molar-refractivity contribution in [3.8, 4) is 5.88 Å². The van der Waals surface area contributed by atoms with E-state index in [1.807, 2.05) is 17.9 Å². The predicted molar refractivity (Wildman–Crippen MR) is 117 cm³/mol. The fourth-order valence-corrected chi connectivity index (χ4v) is 4.59. The highest BCUT2D eigenvalue weighted by Crippen LogP contribution is 2.31. The average molecular weight is 427 g/mol. The predicted octanol–water partition coefficient (Wildman–Crippen LogP) is 2.35. The lowest BCUT2D eigenvalue weighted by atomic mass is 9.91. The lowest BCUT2D eigenvalue weighted by Crippen LogP contribution is -2.46. The Bertz CT molecular complexity index is 1020. The molecule has 0 spiro atoms. The van der Waals surface area contributed by atoms with E-state index in [4.69, 9.17) is 14.5 Å². The van der Waals surface area contributed by atoms with Crippen LogP contribution in [0.3, 0.4) is 0 Å². The molecule has 1 aliphatic heterocycles. The van der Waals surface area contributed by atoms with E-state index in [0.29, 0.717) is 17.9 Å². The van der Waals surface area contributed by atoms with E-state index in [1.165, 1.54) is 0 Å². The van der Waals surface area contributed by atoms with Crippen LogP contribution in [0.25, 0.3) is 11.0 Å². The summed E-state index contributed by atoms with van der Waals surface area (Å²) < 4.78 is 15.6. The van der Waals surface area contributed by atoms with E-state index in [0.717, 1.165) is 75.3 Å². The lowest BCUT2D eigenvalue weighted by molar-refractivity contribution is -0.00128. The maximum Gasteiger partial charge on any atom is 0.245 e. The lowest BCUT2D eigenvalue weighted by Gasteiger charge is -2.38. The molecule has 2 fully saturated rings. The van der Waals surface area contributed by atoms with Gasteiger partial charge in [0.15, 0.2) is 0 Å². The molecule has 1 saturated heterocycles. The van der Waals surface area contributed by atoms with Gasteiger partial charge in [-0.05, 0) is 32.6 Å². The minimum atomic E-state index is 0.154. The summed E-state index contributed by atoms with van der Waals surface area (Å²) in [6.45, 7) is 6.59. The van der Waals surface area contributed by atoms with Gasteiger partial charge in [-0.2, -0.15) is 15.2 Å². The van der Waals surface area contributed by atoms with E-state index in [1.54, 1.807) is 17.1 Å². The van der Waals surface area contributed by atoms with Crippen molar-refractivity contribution in [1.29, 1.82) is 0 Å². The van der Waals surface area contributed by atoms with Crippen LogP contribution >= 0.6 is 0 Å². The van der Waals surface area contributed by atoms with Crippen LogP contribution in [0.1, 0.15) is 32.6 Å². The molecule has 4 heterocycles. The van der Waals surface area contributed by atoms with Gasteiger partial charge in [0.1, 0.15) is 17.1 Å². The molecular formula is C21H30N8O2. The molecule has 31 heavy (non-hydrogen) atoms. The molecule has 3 aromatic rings. The zero-order chi connectivity index (χ0) is 21.2. The second-order valence-corrected chi connectivity index (χ2v) is 8.27. The summed E-state index contributed by atoms with van der Waals surface area (Å²) in [5.41, 5.74) is 2.47. The Labute approximate surface area is 181 Å². The summed E-state index contributed by atoms with van der Waals surface area (Å²) in [5, 5.41) is 11.9. The van der Waals surface area contributed by atoms with Gasteiger partial charge >= 0.3 is 0 Å². The molecule has 166 valence electrons. The molecule has 10 heteroatoms. The number of nitrogens with one attached hydrogen (secondary N) is 1. The van der Waals surface area contributed by atoms with Crippen molar-refractivity contribution in [2.45, 2.75) is 51.3 Å². The van der Waals surface area contributed by atoms with Gasteiger partial charge in [0, 0.05) is 38.9 Å². The monoisotopic (exact) mass is 426 g/mol. The first-order chi connectivity index (χ1) is 15.2. The Morgan fingerprint density at radius 2 is 1.90 bits per heavy atom. The first kappa shape index (κ1) is 20.2. The van der Waals surface area contributed by atoms with Gasteiger partial charge in [0.05, 0.1) is 31.3 Å². The third-order valence-electron chi connectivity index (χ3n) is 6.20. The Morgan fingerprint density at radius 1 is 1.10 bits per heavy atom. The van der Waals surface area contributed by atoms with Crippen LogP contribution in [-0.4, -0.2) is 72.9 Å². The van der Waals surface area contributed by atoms with Crippen molar-refractivity contribution in [2.24, 2.45) is 7.05 Å². The van der Waals surface area contributed by atoms with Crippen molar-refractivity contribution in [1.82, 2.24) is 34.4 Å². The molecule has 10 nitrogen and oxygen atoms in total. The molecule has 0 bridgehead atoms. The number of nitrogens with zero attached hydrogens (tertiary/aromatic N) is 7. The second kappa shape index (κ2) is 8.80. The van der Waals surface area contributed by atoms with Gasteiger partial charge < -0.3 is 14.8 Å². The van der Waals surface area contributed by atoms with Gasteiger partial charge in [-0.1, -0.05) is 0 Å². The largest absolute Gasteiger partial charge is 0.473 e. The van der Waals surface area contributed by atoms with Gasteiger partial charge in [-0.3, -0.25) is 14.3 Å². The third-order valence-corrected chi connectivity index (χ3v) is 6.20. The molecule has 1 N–H and O–H groups in total. The molecule has 0 atom stereocenters. The molecule has 1 saturated carbocycles. The standard InChI is InChI=1S/C21H30N8O2/c1-3-29-19-18(13-23-29)25-21(24-15-12-22-27(2)14-15)26-20(19)31-17-6-4-16(5-7-17)28-8-10-30-11-9-28/h12-14,16-17H,3-11H2,1-2H3,(H,24,25,26). The van der Waals surface area contributed by atoms with Crippen LogP contribution in [-0.2, 0) is 18.3 Å². The molecule has 0 aromatic carbocycles. The first-order valence-electron chi connectivity index (χ1n) is 11.2. The van der Waals surface area contributed by atoms with Crippen LogP contribution in [0.4, 0.5) is 11.6 Å². The fourth-order valence-electron chi connectivity index (χ4n) is 4.59. The van der Waals surface area contributed by atoms with Crippen molar-refractivity contribution in [2.75, 3.05) is 31.6 Å². The van der Waals surface area contributed by atoms with E-state index in [9.17, 15) is 0 Å². The smallest absolute Gasteiger partial charge is 0.245 e. The highest BCUT2D eigenvalue weighted by Gasteiger charge is 2.29. The topological polar surface area (TPSA) is 95.2 Å². The minimum absolute atomic E-state index is 0.154. The number of morpholine rings is 1.